The molecule has 1 heterocycles. The van der Waals surface area contributed by atoms with Crippen molar-refractivity contribution in [2.24, 2.45) is 0 Å². The lowest BCUT2D eigenvalue weighted by Crippen LogP contribution is -2.13. The molecule has 4 rings (SSSR count). The molecule has 27 heavy (non-hydrogen) atoms. The molecule has 0 aliphatic rings. The molecule has 7 heteroatoms. The SMILES string of the molecule is O=C(Nc1ccc2sc3ccccc3c(=O)c2c1)c1cc(F)c(F)cc1Cl. The number of nitrogens with one attached hydrogen (secondary N) is 1. The van der Waals surface area contributed by atoms with E-state index in [-0.39, 0.29) is 16.0 Å². The van der Waals surface area contributed by atoms with Crippen LogP contribution in [0.2, 0.25) is 5.02 Å². The molecule has 1 amide bonds. The summed E-state index contributed by atoms with van der Waals surface area (Å²) in [5, 5.41) is 3.43. The Balaban J connectivity index is 1.75. The standard InChI is InChI=1S/C20H10ClF2NO2S/c21-14-9-16(23)15(22)8-12(14)20(26)24-10-5-6-18-13(7-10)19(25)11-3-1-2-4-17(11)27-18/h1-9H,(H,24,26). The van der Waals surface area contributed by atoms with E-state index in [1.807, 2.05) is 12.1 Å². The van der Waals surface area contributed by atoms with Gasteiger partial charge in [-0.15, -0.1) is 11.3 Å². The van der Waals surface area contributed by atoms with Crippen molar-refractivity contribution in [3.05, 3.63) is 87.0 Å². The third-order valence-electron chi connectivity index (χ3n) is 4.09. The van der Waals surface area contributed by atoms with Crippen LogP contribution in [-0.2, 0) is 0 Å². The summed E-state index contributed by atoms with van der Waals surface area (Å²) in [7, 11) is 0. The Morgan fingerprint density at radius 1 is 0.926 bits per heavy atom. The highest BCUT2D eigenvalue weighted by Gasteiger charge is 2.16. The Hall–Kier alpha value is -2.83. The van der Waals surface area contributed by atoms with Crippen LogP contribution in [0.3, 0.4) is 0 Å². The van der Waals surface area contributed by atoms with Crippen molar-refractivity contribution in [1.82, 2.24) is 0 Å². The summed E-state index contributed by atoms with van der Waals surface area (Å²) in [6.45, 7) is 0. The summed E-state index contributed by atoms with van der Waals surface area (Å²) >= 11 is 7.30. The molecule has 3 aromatic carbocycles. The molecule has 0 fully saturated rings. The molecule has 0 spiro atoms. The van der Waals surface area contributed by atoms with Gasteiger partial charge in [-0.1, -0.05) is 23.7 Å². The third-order valence-corrected chi connectivity index (χ3v) is 5.55. The van der Waals surface area contributed by atoms with Crippen LogP contribution in [0, 0.1) is 11.6 Å². The first-order chi connectivity index (χ1) is 12.9. The molecule has 134 valence electrons. The summed E-state index contributed by atoms with van der Waals surface area (Å²) < 4.78 is 28.2. The van der Waals surface area contributed by atoms with E-state index in [0.717, 1.165) is 21.5 Å². The first-order valence-corrected chi connectivity index (χ1v) is 9.05. The zero-order valence-corrected chi connectivity index (χ0v) is 15.1. The number of hydrogen-bond acceptors (Lipinski definition) is 3. The zero-order chi connectivity index (χ0) is 19.1. The van der Waals surface area contributed by atoms with Gasteiger partial charge in [-0.2, -0.15) is 0 Å². The second-order valence-electron chi connectivity index (χ2n) is 5.84. The Morgan fingerprint density at radius 2 is 1.63 bits per heavy atom. The fourth-order valence-electron chi connectivity index (χ4n) is 2.78. The smallest absolute Gasteiger partial charge is 0.257 e. The minimum absolute atomic E-state index is 0.138. The van der Waals surface area contributed by atoms with Gasteiger partial charge in [0.15, 0.2) is 17.1 Å². The molecule has 1 N–H and O–H groups in total. The summed E-state index contributed by atoms with van der Waals surface area (Å²) in [6, 6.07) is 13.7. The largest absolute Gasteiger partial charge is 0.322 e. The van der Waals surface area contributed by atoms with Crippen LogP contribution in [0.15, 0.2) is 59.4 Å². The Bertz CT molecular complexity index is 1290. The van der Waals surface area contributed by atoms with Gasteiger partial charge in [-0.3, -0.25) is 9.59 Å². The van der Waals surface area contributed by atoms with Crippen LogP contribution in [0.1, 0.15) is 10.4 Å². The van der Waals surface area contributed by atoms with Crippen LogP contribution < -0.4 is 10.7 Å². The van der Waals surface area contributed by atoms with Gasteiger partial charge in [0.1, 0.15) is 0 Å². The molecule has 1 aromatic heterocycles. The maximum absolute atomic E-state index is 13.4. The highest BCUT2D eigenvalue weighted by atomic mass is 35.5. The molecule has 3 nitrogen and oxygen atoms in total. The number of fused-ring (bicyclic) bond motifs is 2. The van der Waals surface area contributed by atoms with Crippen molar-refractivity contribution in [3.8, 4) is 0 Å². The lowest BCUT2D eigenvalue weighted by molar-refractivity contribution is 0.102. The van der Waals surface area contributed by atoms with E-state index in [1.165, 1.54) is 11.3 Å². The molecule has 0 atom stereocenters. The van der Waals surface area contributed by atoms with Gasteiger partial charge in [0, 0.05) is 25.9 Å². The molecule has 0 aliphatic carbocycles. The minimum Gasteiger partial charge on any atom is -0.322 e. The van der Waals surface area contributed by atoms with Crippen molar-refractivity contribution in [1.29, 1.82) is 0 Å². The molecule has 0 aliphatic heterocycles. The second-order valence-corrected chi connectivity index (χ2v) is 7.33. The molecule has 0 bridgehead atoms. The Labute approximate surface area is 160 Å². The highest BCUT2D eigenvalue weighted by Crippen LogP contribution is 2.27. The first kappa shape index (κ1) is 17.6. The lowest BCUT2D eigenvalue weighted by Gasteiger charge is -2.09. The van der Waals surface area contributed by atoms with Gasteiger partial charge >= 0.3 is 0 Å². The topological polar surface area (TPSA) is 46.2 Å². The van der Waals surface area contributed by atoms with Crippen molar-refractivity contribution < 1.29 is 13.6 Å². The van der Waals surface area contributed by atoms with Gasteiger partial charge in [0.25, 0.3) is 5.91 Å². The number of rotatable bonds is 2. The summed E-state index contributed by atoms with van der Waals surface area (Å²) in [5.41, 5.74) is 0.0218. The van der Waals surface area contributed by atoms with Gasteiger partial charge in [0.2, 0.25) is 0 Å². The average Bonchev–Trinajstić information content (AvgIpc) is 2.65. The van der Waals surface area contributed by atoms with E-state index in [0.29, 0.717) is 16.5 Å². The summed E-state index contributed by atoms with van der Waals surface area (Å²) in [6.07, 6.45) is 0. The number of carbonyl (C=O) groups excluding carboxylic acids is 1. The Kier molecular flexibility index (Phi) is 4.37. The van der Waals surface area contributed by atoms with Gasteiger partial charge in [0.05, 0.1) is 10.6 Å². The number of anilines is 1. The minimum atomic E-state index is -1.17. The van der Waals surface area contributed by atoms with Crippen molar-refractivity contribution >= 4 is 54.7 Å². The third kappa shape index (κ3) is 3.18. The molecular weight excluding hydrogens is 392 g/mol. The molecule has 0 saturated heterocycles. The Morgan fingerprint density at radius 3 is 2.44 bits per heavy atom. The van der Waals surface area contributed by atoms with Gasteiger partial charge in [-0.05, 0) is 42.5 Å². The summed E-state index contributed by atoms with van der Waals surface area (Å²) in [5.74, 6) is -3.00. The molecule has 0 unspecified atom stereocenters. The van der Waals surface area contributed by atoms with E-state index in [4.69, 9.17) is 11.6 Å². The monoisotopic (exact) mass is 401 g/mol. The van der Waals surface area contributed by atoms with Crippen molar-refractivity contribution in [2.75, 3.05) is 5.32 Å². The van der Waals surface area contributed by atoms with Crippen LogP contribution in [0.5, 0.6) is 0 Å². The molecule has 4 aromatic rings. The predicted octanol–water partition coefficient (Wildman–Crippen LogP) is 5.60. The van der Waals surface area contributed by atoms with E-state index in [2.05, 4.69) is 5.32 Å². The maximum Gasteiger partial charge on any atom is 0.257 e. The first-order valence-electron chi connectivity index (χ1n) is 7.85. The fourth-order valence-corrected chi connectivity index (χ4v) is 4.06. The van der Waals surface area contributed by atoms with E-state index < -0.39 is 17.5 Å². The number of hydrogen-bond donors (Lipinski definition) is 1. The van der Waals surface area contributed by atoms with Crippen LogP contribution >= 0.6 is 22.9 Å². The van der Waals surface area contributed by atoms with Crippen LogP contribution in [-0.4, -0.2) is 5.91 Å². The van der Waals surface area contributed by atoms with E-state index in [1.54, 1.807) is 30.3 Å². The van der Waals surface area contributed by atoms with Crippen LogP contribution in [0.25, 0.3) is 20.2 Å². The van der Waals surface area contributed by atoms with Crippen molar-refractivity contribution in [3.63, 3.8) is 0 Å². The zero-order valence-electron chi connectivity index (χ0n) is 13.6. The van der Waals surface area contributed by atoms with Crippen LogP contribution in [0.4, 0.5) is 14.5 Å². The van der Waals surface area contributed by atoms with Gasteiger partial charge < -0.3 is 5.32 Å². The van der Waals surface area contributed by atoms with E-state index >= 15 is 0 Å². The van der Waals surface area contributed by atoms with Crippen molar-refractivity contribution in [2.45, 2.75) is 0 Å². The maximum atomic E-state index is 13.4. The normalized spacial score (nSPS) is 11.1. The number of benzene rings is 3. The quantitative estimate of drug-likeness (QED) is 0.351. The number of amides is 1. The molecule has 0 radical (unpaired) electrons. The number of carbonyl (C=O) groups is 1. The second kappa shape index (κ2) is 6.72. The predicted molar refractivity (Wildman–Crippen MR) is 105 cm³/mol. The average molecular weight is 402 g/mol. The molecule has 0 saturated carbocycles. The summed E-state index contributed by atoms with van der Waals surface area (Å²) in [4.78, 5) is 25.1. The number of halogens is 3. The lowest BCUT2D eigenvalue weighted by atomic mass is 10.1. The van der Waals surface area contributed by atoms with Gasteiger partial charge in [-0.25, -0.2) is 8.78 Å². The highest BCUT2D eigenvalue weighted by molar-refractivity contribution is 7.24. The molecular formula is C20H10ClF2NO2S. The fraction of sp³-hybridized carbons (Fsp3) is 0. The van der Waals surface area contributed by atoms with E-state index in [9.17, 15) is 18.4 Å².